The molecule has 5 rings (SSSR count). The second-order valence-corrected chi connectivity index (χ2v) is 9.17. The van der Waals surface area contributed by atoms with Gasteiger partial charge in [-0.3, -0.25) is 9.59 Å². The summed E-state index contributed by atoms with van der Waals surface area (Å²) in [5.74, 6) is 0.606. The summed E-state index contributed by atoms with van der Waals surface area (Å²) < 4.78 is 11.0. The minimum absolute atomic E-state index is 0.119. The van der Waals surface area contributed by atoms with Crippen LogP contribution in [0.1, 0.15) is 41.6 Å². The van der Waals surface area contributed by atoms with Crippen molar-refractivity contribution in [1.29, 1.82) is 0 Å². The van der Waals surface area contributed by atoms with E-state index >= 15 is 0 Å². The van der Waals surface area contributed by atoms with Gasteiger partial charge in [0.2, 0.25) is 0 Å². The SMILES string of the molecule is COC(=O)C1CCCCC1CNC(=O)c1cccc(N2COc3ccc4ccccc4c3C2)c1. The summed E-state index contributed by atoms with van der Waals surface area (Å²) in [5, 5.41) is 5.43. The highest BCUT2D eigenvalue weighted by molar-refractivity contribution is 5.95. The molecule has 0 spiro atoms. The number of fused-ring (bicyclic) bond motifs is 3. The van der Waals surface area contributed by atoms with Crippen molar-refractivity contribution in [2.24, 2.45) is 11.8 Å². The standard InChI is InChI=1S/C28H30N2O4/c1-33-28(32)24-12-5-3-8-21(24)16-29-27(31)20-9-6-10-22(15-20)30-17-25-23-11-4-2-7-19(23)13-14-26(25)34-18-30/h2,4,6-7,9-11,13-15,21,24H,3,5,8,12,16-18H2,1H3,(H,29,31). The first-order chi connectivity index (χ1) is 16.6. The lowest BCUT2D eigenvalue weighted by atomic mass is 9.79. The summed E-state index contributed by atoms with van der Waals surface area (Å²) >= 11 is 0. The molecule has 1 heterocycles. The Bertz CT molecular complexity index is 1210. The predicted molar refractivity (Wildman–Crippen MR) is 132 cm³/mol. The first-order valence-electron chi connectivity index (χ1n) is 12.0. The van der Waals surface area contributed by atoms with E-state index in [9.17, 15) is 9.59 Å². The van der Waals surface area contributed by atoms with E-state index in [-0.39, 0.29) is 23.7 Å². The van der Waals surface area contributed by atoms with Crippen LogP contribution in [0.15, 0.2) is 60.7 Å². The number of ether oxygens (including phenoxy) is 2. The van der Waals surface area contributed by atoms with E-state index in [1.165, 1.54) is 17.9 Å². The smallest absolute Gasteiger partial charge is 0.309 e. The molecule has 1 fully saturated rings. The minimum atomic E-state index is -0.168. The van der Waals surface area contributed by atoms with Gasteiger partial charge in [0.25, 0.3) is 5.91 Å². The van der Waals surface area contributed by atoms with Crippen LogP contribution in [0.5, 0.6) is 5.75 Å². The number of hydrogen-bond acceptors (Lipinski definition) is 5. The van der Waals surface area contributed by atoms with Crippen LogP contribution in [0.3, 0.4) is 0 Å². The van der Waals surface area contributed by atoms with Crippen LogP contribution in [0.4, 0.5) is 5.69 Å². The number of carbonyl (C=O) groups excluding carboxylic acids is 2. The molecule has 34 heavy (non-hydrogen) atoms. The van der Waals surface area contributed by atoms with Gasteiger partial charge >= 0.3 is 5.97 Å². The molecule has 1 aliphatic heterocycles. The zero-order chi connectivity index (χ0) is 23.5. The summed E-state index contributed by atoms with van der Waals surface area (Å²) in [6.07, 6.45) is 3.86. The third-order valence-electron chi connectivity index (χ3n) is 7.13. The molecule has 3 aromatic carbocycles. The Morgan fingerprint density at radius 1 is 1.06 bits per heavy atom. The van der Waals surface area contributed by atoms with Crippen molar-refractivity contribution in [1.82, 2.24) is 5.32 Å². The second kappa shape index (κ2) is 9.75. The van der Waals surface area contributed by atoms with Gasteiger partial charge in [0.05, 0.1) is 19.6 Å². The van der Waals surface area contributed by atoms with E-state index in [4.69, 9.17) is 9.47 Å². The molecule has 6 nitrogen and oxygen atoms in total. The normalized spacial score (nSPS) is 19.7. The largest absolute Gasteiger partial charge is 0.473 e. The van der Waals surface area contributed by atoms with Crippen LogP contribution in [0.2, 0.25) is 0 Å². The Balaban J connectivity index is 1.29. The third kappa shape index (κ3) is 4.45. The fourth-order valence-corrected chi connectivity index (χ4v) is 5.25. The van der Waals surface area contributed by atoms with Crippen LogP contribution < -0.4 is 15.0 Å². The highest BCUT2D eigenvalue weighted by Gasteiger charge is 2.32. The van der Waals surface area contributed by atoms with Gasteiger partial charge in [-0.25, -0.2) is 0 Å². The van der Waals surface area contributed by atoms with E-state index in [1.54, 1.807) is 0 Å². The van der Waals surface area contributed by atoms with E-state index in [0.29, 0.717) is 25.4 Å². The molecule has 0 bridgehead atoms. The Kier molecular flexibility index (Phi) is 6.39. The quantitative estimate of drug-likeness (QED) is 0.551. The lowest BCUT2D eigenvalue weighted by molar-refractivity contribution is -0.148. The second-order valence-electron chi connectivity index (χ2n) is 9.17. The molecule has 176 valence electrons. The topological polar surface area (TPSA) is 67.9 Å². The molecule has 2 unspecified atom stereocenters. The Morgan fingerprint density at radius 2 is 1.91 bits per heavy atom. The number of methoxy groups -OCH3 is 1. The van der Waals surface area contributed by atoms with Gasteiger partial charge in [-0.05, 0) is 53.8 Å². The van der Waals surface area contributed by atoms with Crippen LogP contribution in [0.25, 0.3) is 10.8 Å². The van der Waals surface area contributed by atoms with Crippen molar-refractivity contribution >= 4 is 28.3 Å². The van der Waals surface area contributed by atoms with Crippen molar-refractivity contribution in [3.8, 4) is 5.75 Å². The fourth-order valence-electron chi connectivity index (χ4n) is 5.25. The summed E-state index contributed by atoms with van der Waals surface area (Å²) in [7, 11) is 1.43. The van der Waals surface area contributed by atoms with Crippen molar-refractivity contribution in [2.45, 2.75) is 32.2 Å². The lowest BCUT2D eigenvalue weighted by Crippen LogP contribution is -2.37. The number of nitrogens with zero attached hydrogens (tertiary/aromatic N) is 1. The Morgan fingerprint density at radius 3 is 2.79 bits per heavy atom. The van der Waals surface area contributed by atoms with Crippen molar-refractivity contribution in [3.63, 3.8) is 0 Å². The number of carbonyl (C=O) groups is 2. The zero-order valence-corrected chi connectivity index (χ0v) is 19.5. The molecule has 1 aliphatic carbocycles. The van der Waals surface area contributed by atoms with Crippen molar-refractivity contribution < 1.29 is 19.1 Å². The van der Waals surface area contributed by atoms with Gasteiger partial charge in [-0.2, -0.15) is 0 Å². The molecule has 1 N–H and O–H groups in total. The van der Waals surface area contributed by atoms with Crippen molar-refractivity contribution in [2.75, 3.05) is 25.3 Å². The summed E-state index contributed by atoms with van der Waals surface area (Å²) in [4.78, 5) is 27.2. The Labute approximate surface area is 199 Å². The summed E-state index contributed by atoms with van der Waals surface area (Å²) in [5.41, 5.74) is 2.70. The molecule has 1 saturated carbocycles. The summed E-state index contributed by atoms with van der Waals surface area (Å²) in [6, 6.07) is 20.1. The monoisotopic (exact) mass is 458 g/mol. The van der Waals surface area contributed by atoms with Gasteiger partial charge in [0.15, 0.2) is 6.73 Å². The summed E-state index contributed by atoms with van der Waals surface area (Å²) in [6.45, 7) is 1.62. The zero-order valence-electron chi connectivity index (χ0n) is 19.5. The van der Waals surface area contributed by atoms with Crippen LogP contribution in [-0.4, -0.2) is 32.3 Å². The van der Waals surface area contributed by atoms with E-state index in [1.807, 2.05) is 42.5 Å². The number of esters is 1. The molecule has 0 radical (unpaired) electrons. The van der Waals surface area contributed by atoms with Gasteiger partial charge < -0.3 is 19.7 Å². The fraction of sp³-hybridized carbons (Fsp3) is 0.357. The minimum Gasteiger partial charge on any atom is -0.473 e. The number of amides is 1. The van der Waals surface area contributed by atoms with Gasteiger partial charge in [-0.1, -0.05) is 49.2 Å². The van der Waals surface area contributed by atoms with E-state index in [0.717, 1.165) is 42.7 Å². The van der Waals surface area contributed by atoms with E-state index in [2.05, 4.69) is 28.4 Å². The average molecular weight is 459 g/mol. The number of nitrogens with one attached hydrogen (secondary N) is 1. The molecule has 0 aromatic heterocycles. The lowest BCUT2D eigenvalue weighted by Gasteiger charge is -2.32. The van der Waals surface area contributed by atoms with Crippen molar-refractivity contribution in [3.05, 3.63) is 71.8 Å². The van der Waals surface area contributed by atoms with Gasteiger partial charge in [0.1, 0.15) is 5.75 Å². The third-order valence-corrected chi connectivity index (χ3v) is 7.13. The molecule has 2 aliphatic rings. The van der Waals surface area contributed by atoms with Crippen LogP contribution >= 0.6 is 0 Å². The van der Waals surface area contributed by atoms with Gasteiger partial charge in [-0.15, -0.1) is 0 Å². The molecular weight excluding hydrogens is 428 g/mol. The van der Waals surface area contributed by atoms with Crippen LogP contribution in [0, 0.1) is 11.8 Å². The molecular formula is C28H30N2O4. The maximum atomic E-state index is 13.0. The molecule has 2 atom stereocenters. The molecule has 3 aromatic rings. The molecule has 0 saturated heterocycles. The highest BCUT2D eigenvalue weighted by Crippen LogP contribution is 2.34. The van der Waals surface area contributed by atoms with Gasteiger partial charge in [0, 0.05) is 23.4 Å². The number of rotatable bonds is 5. The maximum absolute atomic E-state index is 13.0. The Hall–Kier alpha value is -3.54. The highest BCUT2D eigenvalue weighted by atomic mass is 16.5. The average Bonchev–Trinajstić information content (AvgIpc) is 2.91. The number of anilines is 1. The maximum Gasteiger partial charge on any atom is 0.309 e. The number of hydrogen-bond donors (Lipinski definition) is 1. The molecule has 1 amide bonds. The predicted octanol–water partition coefficient (Wildman–Crippen LogP) is 4.91. The first-order valence-corrected chi connectivity index (χ1v) is 12.0. The first kappa shape index (κ1) is 22.3. The molecule has 6 heteroatoms. The van der Waals surface area contributed by atoms with E-state index < -0.39 is 0 Å². The number of benzene rings is 3. The van der Waals surface area contributed by atoms with Crippen LogP contribution in [-0.2, 0) is 16.1 Å².